The predicted octanol–water partition coefficient (Wildman–Crippen LogP) is 4.45. The summed E-state index contributed by atoms with van der Waals surface area (Å²) < 4.78 is 16.6. The number of aromatic amines is 1. The van der Waals surface area contributed by atoms with Crippen LogP contribution in [0.2, 0.25) is 5.02 Å². The summed E-state index contributed by atoms with van der Waals surface area (Å²) in [7, 11) is 0. The van der Waals surface area contributed by atoms with Gasteiger partial charge in [-0.15, -0.1) is 0 Å². The minimum Gasteiger partial charge on any atom is -0.332 e. The van der Waals surface area contributed by atoms with Crippen molar-refractivity contribution < 1.29 is 4.39 Å². The molecule has 1 aliphatic rings. The summed E-state index contributed by atoms with van der Waals surface area (Å²) in [5, 5.41) is 10.8. The molecule has 0 saturated carbocycles. The average molecular weight is 446 g/mol. The maximum Gasteiger partial charge on any atom is 0.132 e. The van der Waals surface area contributed by atoms with Crippen molar-refractivity contribution in [2.75, 3.05) is 6.54 Å². The van der Waals surface area contributed by atoms with Gasteiger partial charge in [0.1, 0.15) is 11.6 Å². The van der Waals surface area contributed by atoms with E-state index in [0.717, 1.165) is 47.7 Å². The third-order valence-corrected chi connectivity index (χ3v) is 5.85. The molecule has 1 aromatic carbocycles. The number of halogens is 2. The molecule has 0 aliphatic carbocycles. The number of H-pyrrole nitrogens is 1. The van der Waals surface area contributed by atoms with E-state index in [1.807, 2.05) is 24.4 Å². The molecule has 0 radical (unpaired) electrons. The second-order valence-electron chi connectivity index (χ2n) is 7.65. The molecule has 2 N–H and O–H groups in total. The van der Waals surface area contributed by atoms with Gasteiger partial charge in [0.15, 0.2) is 0 Å². The van der Waals surface area contributed by atoms with Gasteiger partial charge >= 0.3 is 0 Å². The van der Waals surface area contributed by atoms with Gasteiger partial charge in [0.2, 0.25) is 0 Å². The Morgan fingerprint density at radius 3 is 2.81 bits per heavy atom. The number of pyridine rings is 2. The minimum atomic E-state index is -0.386. The molecule has 0 unspecified atom stereocenters. The molecule has 5 heterocycles. The van der Waals surface area contributed by atoms with Gasteiger partial charge in [-0.2, -0.15) is 5.10 Å². The Hall–Kier alpha value is -3.62. The Morgan fingerprint density at radius 2 is 1.91 bits per heavy atom. The lowest BCUT2D eigenvalue weighted by Crippen LogP contribution is -2.27. The molecular weight excluding hydrogens is 429 g/mol. The van der Waals surface area contributed by atoms with Crippen LogP contribution in [0.5, 0.6) is 0 Å². The summed E-state index contributed by atoms with van der Waals surface area (Å²) in [6.07, 6.45) is 5.51. The number of rotatable bonds is 3. The highest BCUT2D eigenvalue weighted by Crippen LogP contribution is 2.33. The molecule has 0 spiro atoms. The van der Waals surface area contributed by atoms with Crippen molar-refractivity contribution in [3.8, 4) is 33.8 Å². The first-order chi connectivity index (χ1) is 15.7. The fourth-order valence-electron chi connectivity index (χ4n) is 4.00. The predicted molar refractivity (Wildman–Crippen MR) is 120 cm³/mol. The second kappa shape index (κ2) is 7.51. The van der Waals surface area contributed by atoms with Gasteiger partial charge < -0.3 is 9.88 Å². The molecule has 0 bridgehead atoms. The second-order valence-corrected chi connectivity index (χ2v) is 8.09. The van der Waals surface area contributed by atoms with E-state index in [4.69, 9.17) is 21.6 Å². The standard InChI is InChI=1S/C23H17ClFN7/c24-14-1-2-17(25)15(8-14)23-16(10-28-31-23)18-3-4-19-20(29-18)7-13(9-27-19)21-12-32-6-5-26-11-22(32)30-21/h1-4,7-10,12,26H,5-6,11H2,(H,28,31). The highest BCUT2D eigenvalue weighted by atomic mass is 35.5. The maximum atomic E-state index is 14.5. The lowest BCUT2D eigenvalue weighted by Gasteiger charge is -2.13. The summed E-state index contributed by atoms with van der Waals surface area (Å²) in [6, 6.07) is 10.2. The largest absolute Gasteiger partial charge is 0.332 e. The number of aromatic nitrogens is 6. The Bertz CT molecular complexity index is 1450. The summed E-state index contributed by atoms with van der Waals surface area (Å²) in [5.41, 5.74) is 5.47. The molecular formula is C23H17ClFN7. The Kier molecular flexibility index (Phi) is 4.48. The number of nitrogens with zero attached hydrogens (tertiary/aromatic N) is 5. The zero-order valence-electron chi connectivity index (χ0n) is 16.8. The van der Waals surface area contributed by atoms with Crippen molar-refractivity contribution in [1.82, 2.24) is 35.0 Å². The van der Waals surface area contributed by atoms with E-state index in [-0.39, 0.29) is 5.82 Å². The van der Waals surface area contributed by atoms with Crippen LogP contribution in [-0.4, -0.2) is 36.3 Å². The van der Waals surface area contributed by atoms with Crippen LogP contribution in [0.15, 0.2) is 55.0 Å². The monoisotopic (exact) mass is 445 g/mol. The first-order valence-corrected chi connectivity index (χ1v) is 10.6. The van der Waals surface area contributed by atoms with E-state index >= 15 is 0 Å². The van der Waals surface area contributed by atoms with Gasteiger partial charge in [-0.1, -0.05) is 11.6 Å². The number of fused-ring (bicyclic) bond motifs is 2. The van der Waals surface area contributed by atoms with Gasteiger partial charge in [-0.3, -0.25) is 10.1 Å². The highest BCUT2D eigenvalue weighted by Gasteiger charge is 2.17. The number of imidazole rings is 1. The van der Waals surface area contributed by atoms with Crippen molar-refractivity contribution >= 4 is 22.6 Å². The normalized spacial score (nSPS) is 13.4. The van der Waals surface area contributed by atoms with Gasteiger partial charge in [0.05, 0.1) is 40.9 Å². The summed E-state index contributed by atoms with van der Waals surface area (Å²) in [5.74, 6) is 0.627. The fraction of sp³-hybridized carbons (Fsp3) is 0.130. The number of benzene rings is 1. The van der Waals surface area contributed by atoms with Crippen LogP contribution < -0.4 is 5.32 Å². The zero-order valence-corrected chi connectivity index (χ0v) is 17.6. The van der Waals surface area contributed by atoms with Crippen LogP contribution in [0.1, 0.15) is 5.82 Å². The van der Waals surface area contributed by atoms with Gasteiger partial charge in [0, 0.05) is 47.2 Å². The van der Waals surface area contributed by atoms with Crippen molar-refractivity contribution in [2.24, 2.45) is 0 Å². The van der Waals surface area contributed by atoms with Crippen molar-refractivity contribution in [2.45, 2.75) is 13.1 Å². The van der Waals surface area contributed by atoms with Crippen LogP contribution in [-0.2, 0) is 13.1 Å². The quantitative estimate of drug-likeness (QED) is 0.428. The SMILES string of the molecule is Fc1ccc(Cl)cc1-c1[nH]ncc1-c1ccc2ncc(-c3cn4c(n3)CNCC4)cc2n1. The van der Waals surface area contributed by atoms with Crippen molar-refractivity contribution in [1.29, 1.82) is 0 Å². The average Bonchev–Trinajstić information content (AvgIpc) is 3.47. The Labute approximate surface area is 187 Å². The van der Waals surface area contributed by atoms with E-state index in [9.17, 15) is 4.39 Å². The van der Waals surface area contributed by atoms with Crippen LogP contribution in [0.25, 0.3) is 44.8 Å². The zero-order chi connectivity index (χ0) is 21.7. The molecule has 5 aromatic rings. The molecule has 7 nitrogen and oxygen atoms in total. The molecule has 4 aromatic heterocycles. The molecule has 32 heavy (non-hydrogen) atoms. The lowest BCUT2D eigenvalue weighted by atomic mass is 10.0. The molecule has 158 valence electrons. The number of nitrogens with one attached hydrogen (secondary N) is 2. The van der Waals surface area contributed by atoms with Gasteiger partial charge in [-0.25, -0.2) is 14.4 Å². The summed E-state index contributed by atoms with van der Waals surface area (Å²) in [6.45, 7) is 2.59. The summed E-state index contributed by atoms with van der Waals surface area (Å²) >= 11 is 6.09. The fourth-order valence-corrected chi connectivity index (χ4v) is 4.17. The highest BCUT2D eigenvalue weighted by molar-refractivity contribution is 6.30. The molecule has 0 atom stereocenters. The third kappa shape index (κ3) is 3.24. The van der Waals surface area contributed by atoms with Crippen LogP contribution in [0.4, 0.5) is 4.39 Å². The maximum absolute atomic E-state index is 14.5. The Morgan fingerprint density at radius 1 is 0.969 bits per heavy atom. The first-order valence-electron chi connectivity index (χ1n) is 10.2. The number of hydrogen-bond acceptors (Lipinski definition) is 5. The van der Waals surface area contributed by atoms with Crippen molar-refractivity contribution in [3.05, 3.63) is 71.7 Å². The van der Waals surface area contributed by atoms with Crippen LogP contribution in [0.3, 0.4) is 0 Å². The molecule has 0 saturated heterocycles. The first kappa shape index (κ1) is 19.1. The molecule has 6 rings (SSSR count). The topological polar surface area (TPSA) is 84.3 Å². The molecule has 0 fully saturated rings. The van der Waals surface area contributed by atoms with Crippen molar-refractivity contribution in [3.63, 3.8) is 0 Å². The van der Waals surface area contributed by atoms with E-state index in [0.29, 0.717) is 27.5 Å². The van der Waals surface area contributed by atoms with E-state index in [2.05, 4.69) is 31.3 Å². The van der Waals surface area contributed by atoms with E-state index < -0.39 is 0 Å². The smallest absolute Gasteiger partial charge is 0.132 e. The summed E-state index contributed by atoms with van der Waals surface area (Å²) in [4.78, 5) is 14.1. The number of hydrogen-bond donors (Lipinski definition) is 2. The van der Waals surface area contributed by atoms with Gasteiger partial charge in [-0.05, 0) is 36.4 Å². The van der Waals surface area contributed by atoms with Crippen LogP contribution in [0, 0.1) is 5.82 Å². The molecule has 0 amide bonds. The Balaban J connectivity index is 1.43. The van der Waals surface area contributed by atoms with Gasteiger partial charge in [0.25, 0.3) is 0 Å². The molecule has 1 aliphatic heterocycles. The van der Waals surface area contributed by atoms with E-state index in [1.54, 1.807) is 12.3 Å². The van der Waals surface area contributed by atoms with E-state index in [1.165, 1.54) is 12.1 Å². The van der Waals surface area contributed by atoms with Crippen LogP contribution >= 0.6 is 11.6 Å². The molecule has 9 heteroatoms. The third-order valence-electron chi connectivity index (χ3n) is 5.62. The lowest BCUT2D eigenvalue weighted by molar-refractivity contribution is 0.505. The minimum absolute atomic E-state index is 0.343.